The predicted molar refractivity (Wildman–Crippen MR) is 145 cm³/mol. The number of halogens is 2. The third-order valence-electron chi connectivity index (χ3n) is 6.25. The number of carboxylic acids is 1. The number of alkyl halides is 1. The fraction of sp³-hybridized carbons (Fsp3) is 0.167. The first kappa shape index (κ1) is 25.0. The van der Waals surface area contributed by atoms with E-state index in [1.165, 1.54) is 11.3 Å². The van der Waals surface area contributed by atoms with Crippen molar-refractivity contribution in [1.29, 1.82) is 0 Å². The van der Waals surface area contributed by atoms with E-state index < -0.39 is 5.97 Å². The molecule has 1 aromatic carbocycles. The number of pyridine rings is 1. The molecule has 4 aromatic rings. The van der Waals surface area contributed by atoms with Gasteiger partial charge >= 0.3 is 5.97 Å². The highest BCUT2D eigenvalue weighted by Crippen LogP contribution is 2.38. The molecule has 0 saturated heterocycles. The van der Waals surface area contributed by atoms with Crippen LogP contribution >= 0.6 is 34.5 Å². The molecular formula is C24H21Cl2N7O3S. The average Bonchev–Trinajstić information content (AvgIpc) is 3.63. The molecule has 1 aliphatic rings. The number of hydrogen-bond donors (Lipinski definition) is 4. The molecule has 6 N–H and O–H groups in total. The normalized spacial score (nSPS) is 14.8. The number of carbonyl (C=O) groups is 1. The zero-order chi connectivity index (χ0) is 26.3. The molecule has 4 heterocycles. The summed E-state index contributed by atoms with van der Waals surface area (Å²) < 4.78 is 1.71. The van der Waals surface area contributed by atoms with Gasteiger partial charge in [-0.15, -0.1) is 22.9 Å². The maximum atomic E-state index is 13.8. The molecule has 0 radical (unpaired) electrons. The highest BCUT2D eigenvalue weighted by atomic mass is 35.5. The van der Waals surface area contributed by atoms with E-state index in [2.05, 4.69) is 15.1 Å². The average molecular weight is 558 g/mol. The summed E-state index contributed by atoms with van der Waals surface area (Å²) in [6.07, 6.45) is 4.20. The lowest BCUT2D eigenvalue weighted by Gasteiger charge is -2.21. The summed E-state index contributed by atoms with van der Waals surface area (Å²) in [5, 5.41) is 14.4. The zero-order valence-electron chi connectivity index (χ0n) is 19.2. The fourth-order valence-electron chi connectivity index (χ4n) is 4.60. The summed E-state index contributed by atoms with van der Waals surface area (Å²) in [5.74, 6) is 11.0. The Balaban J connectivity index is 1.58. The van der Waals surface area contributed by atoms with E-state index in [0.717, 1.165) is 21.9 Å². The van der Waals surface area contributed by atoms with Gasteiger partial charge in [-0.3, -0.25) is 9.80 Å². The number of anilines is 1. The number of nitrogens with one attached hydrogen (secondary N) is 1. The lowest BCUT2D eigenvalue weighted by atomic mass is 9.98. The maximum absolute atomic E-state index is 13.8. The van der Waals surface area contributed by atoms with Crippen LogP contribution in [-0.4, -0.2) is 31.9 Å². The molecule has 0 aliphatic carbocycles. The van der Waals surface area contributed by atoms with E-state index in [1.807, 2.05) is 6.07 Å². The van der Waals surface area contributed by atoms with Gasteiger partial charge in [0.15, 0.2) is 0 Å². The van der Waals surface area contributed by atoms with Gasteiger partial charge in [0.2, 0.25) is 0 Å². The predicted octanol–water partition coefficient (Wildman–Crippen LogP) is 4.18. The van der Waals surface area contributed by atoms with Crippen molar-refractivity contribution in [3.05, 3.63) is 79.9 Å². The Kier molecular flexibility index (Phi) is 6.78. The topological polar surface area (TPSA) is 156 Å². The van der Waals surface area contributed by atoms with Crippen LogP contribution in [0, 0.1) is 0 Å². The molecule has 0 bridgehead atoms. The second kappa shape index (κ2) is 10.0. The number of benzene rings is 1. The van der Waals surface area contributed by atoms with E-state index in [1.54, 1.807) is 41.1 Å². The number of carboxylic acid groups (broad SMARTS) is 1. The maximum Gasteiger partial charge on any atom is 0.345 e. The van der Waals surface area contributed by atoms with Gasteiger partial charge in [0.25, 0.3) is 5.56 Å². The molecule has 3 aromatic heterocycles. The second-order valence-corrected chi connectivity index (χ2v) is 10.2. The Morgan fingerprint density at radius 1 is 1.32 bits per heavy atom. The van der Waals surface area contributed by atoms with E-state index in [4.69, 9.17) is 34.9 Å². The Morgan fingerprint density at radius 3 is 2.84 bits per heavy atom. The molecule has 10 nitrogen and oxygen atoms in total. The number of aromatic carboxylic acids is 1. The summed E-state index contributed by atoms with van der Waals surface area (Å²) >= 11 is 13.8. The minimum atomic E-state index is -0.979. The van der Waals surface area contributed by atoms with Gasteiger partial charge in [-0.05, 0) is 54.8 Å². The van der Waals surface area contributed by atoms with Crippen molar-refractivity contribution in [3.63, 3.8) is 0 Å². The van der Waals surface area contributed by atoms with Crippen molar-refractivity contribution in [2.75, 3.05) is 5.01 Å². The fourth-order valence-corrected chi connectivity index (χ4v) is 5.84. The number of hydrazone groups is 1. The Hall–Kier alpha value is -3.64. The van der Waals surface area contributed by atoms with Gasteiger partial charge < -0.3 is 20.5 Å². The van der Waals surface area contributed by atoms with Crippen molar-refractivity contribution in [2.45, 2.75) is 24.8 Å². The molecule has 1 unspecified atom stereocenters. The van der Waals surface area contributed by atoms with Crippen LogP contribution in [0.1, 0.15) is 39.2 Å². The number of hydrogen-bond acceptors (Lipinski definition) is 7. The number of thiophene rings is 1. The minimum absolute atomic E-state index is 0.0285. The highest BCUT2D eigenvalue weighted by Gasteiger charge is 2.30. The summed E-state index contributed by atoms with van der Waals surface area (Å²) in [6.45, 7) is 0. The Bertz CT molecular complexity index is 1590. The number of rotatable bonds is 7. The van der Waals surface area contributed by atoms with Gasteiger partial charge in [-0.1, -0.05) is 11.6 Å². The Labute approximate surface area is 224 Å². The van der Waals surface area contributed by atoms with Crippen LogP contribution in [0.25, 0.3) is 21.7 Å². The van der Waals surface area contributed by atoms with Crippen molar-refractivity contribution >= 4 is 52.5 Å². The first-order valence-electron chi connectivity index (χ1n) is 11.1. The summed E-state index contributed by atoms with van der Waals surface area (Å²) in [5.41, 5.74) is 3.49. The minimum Gasteiger partial charge on any atom is -0.477 e. The van der Waals surface area contributed by atoms with Crippen molar-refractivity contribution in [1.82, 2.24) is 14.5 Å². The molecule has 0 saturated carbocycles. The van der Waals surface area contributed by atoms with Gasteiger partial charge in [0, 0.05) is 21.8 Å². The molecule has 1 atom stereocenters. The van der Waals surface area contributed by atoms with E-state index in [-0.39, 0.29) is 22.4 Å². The number of fused-ring (bicyclic) bond motifs is 1. The lowest BCUT2D eigenvalue weighted by Crippen LogP contribution is -2.31. The smallest absolute Gasteiger partial charge is 0.345 e. The second-order valence-electron chi connectivity index (χ2n) is 8.38. The van der Waals surface area contributed by atoms with E-state index in [9.17, 15) is 14.7 Å². The van der Waals surface area contributed by atoms with Gasteiger partial charge in [-0.25, -0.2) is 15.6 Å². The molecule has 5 rings (SSSR count). The quantitative estimate of drug-likeness (QED) is 0.0872. The summed E-state index contributed by atoms with van der Waals surface area (Å²) in [4.78, 5) is 33.8. The van der Waals surface area contributed by atoms with Crippen LogP contribution < -0.4 is 22.3 Å². The van der Waals surface area contributed by atoms with E-state index >= 15 is 0 Å². The molecule has 37 heavy (non-hydrogen) atoms. The number of imidazole rings is 1. The molecule has 190 valence electrons. The molecule has 1 aliphatic heterocycles. The van der Waals surface area contributed by atoms with Crippen LogP contribution in [0.15, 0.2) is 52.5 Å². The van der Waals surface area contributed by atoms with Gasteiger partial charge in [0.1, 0.15) is 17.0 Å². The van der Waals surface area contributed by atoms with Crippen molar-refractivity contribution in [2.24, 2.45) is 16.8 Å². The molecule has 0 fully saturated rings. The number of aromatic amines is 1. The monoisotopic (exact) mass is 557 g/mol. The number of aryl methyl sites for hydroxylation is 1. The lowest BCUT2D eigenvalue weighted by molar-refractivity contribution is 0.0702. The molecule has 0 amide bonds. The first-order chi connectivity index (χ1) is 17.8. The van der Waals surface area contributed by atoms with Crippen LogP contribution in [0.4, 0.5) is 5.69 Å². The first-order valence-corrected chi connectivity index (χ1v) is 12.8. The highest BCUT2D eigenvalue weighted by molar-refractivity contribution is 7.17. The van der Waals surface area contributed by atoms with Crippen LogP contribution in [0.2, 0.25) is 5.02 Å². The summed E-state index contributed by atoms with van der Waals surface area (Å²) in [7, 11) is 0. The molecule has 13 heteroatoms. The van der Waals surface area contributed by atoms with Gasteiger partial charge in [0.05, 0.1) is 34.4 Å². The van der Waals surface area contributed by atoms with Crippen molar-refractivity contribution in [3.8, 4) is 21.7 Å². The zero-order valence-corrected chi connectivity index (χ0v) is 21.5. The molecule has 0 spiro atoms. The molecular weight excluding hydrogens is 537 g/mol. The number of nitrogens with zero attached hydrogens (tertiary/aromatic N) is 4. The number of nitrogens with two attached hydrogens (primary N) is 2. The SMILES string of the molecule is N/N=C\N(N)c1ccc(Cl)cc1-c1cc2n(c(=O)c1CCl)C(c1ncc(-c3ccc(C(=O)O)s3)[nH]1)CC2. The number of aromatic nitrogens is 3. The van der Waals surface area contributed by atoms with E-state index in [0.29, 0.717) is 51.8 Å². The third kappa shape index (κ3) is 4.51. The van der Waals surface area contributed by atoms with Crippen LogP contribution in [0.3, 0.4) is 0 Å². The third-order valence-corrected chi connectivity index (χ3v) is 7.86. The Morgan fingerprint density at radius 2 is 2.14 bits per heavy atom. The van der Waals surface area contributed by atoms with Crippen LogP contribution in [-0.2, 0) is 12.3 Å². The van der Waals surface area contributed by atoms with Gasteiger partial charge in [-0.2, -0.15) is 5.10 Å². The number of H-pyrrole nitrogens is 1. The van der Waals surface area contributed by atoms with Crippen LogP contribution in [0.5, 0.6) is 0 Å². The summed E-state index contributed by atoms with van der Waals surface area (Å²) in [6, 6.07) is 10.0. The standard InChI is InChI=1S/C24H21Cl2N7O3S/c25-9-16-14(15-7-12(26)1-3-18(15)32(28)11-30-27)8-13-2-4-19(33(13)23(16)34)22-29-10-17(31-22)20-5-6-21(37-20)24(35)36/h1,3,5-8,10-11,19H,2,4,9,27-28H2,(H,29,31)(H,35,36)/b30-11-. The largest absolute Gasteiger partial charge is 0.477 e. The number of hydrazine groups is 1. The van der Waals surface area contributed by atoms with Crippen molar-refractivity contribution < 1.29 is 9.90 Å².